The highest BCUT2D eigenvalue weighted by Crippen LogP contribution is 2.53. The first kappa shape index (κ1) is 26.1. The van der Waals surface area contributed by atoms with E-state index < -0.39 is 30.5 Å². The lowest BCUT2D eigenvalue weighted by molar-refractivity contribution is -0.147. The van der Waals surface area contributed by atoms with Crippen molar-refractivity contribution < 1.29 is 27.2 Å². The molecule has 2 saturated carbocycles. The lowest BCUT2D eigenvalue weighted by Gasteiger charge is -2.29. The Morgan fingerprint density at radius 2 is 1.83 bits per heavy atom. The average Bonchev–Trinajstić information content (AvgIpc) is 3.73. The quantitative estimate of drug-likeness (QED) is 0.476. The Hall–Kier alpha value is -2.94. The number of halogens is 4. The van der Waals surface area contributed by atoms with Gasteiger partial charge >= 0.3 is 6.18 Å². The maximum absolute atomic E-state index is 14.6. The van der Waals surface area contributed by atoms with Gasteiger partial charge in [-0.05, 0) is 56.0 Å². The predicted molar refractivity (Wildman–Crippen MR) is 128 cm³/mol. The number of nitrogens with one attached hydrogen (secondary N) is 2. The Balaban J connectivity index is 1.41. The Labute approximate surface area is 208 Å². The van der Waals surface area contributed by atoms with E-state index in [4.69, 9.17) is 0 Å². The van der Waals surface area contributed by atoms with Crippen molar-refractivity contribution in [3.8, 4) is 0 Å². The fraction of sp³-hybridized carbons (Fsp3) is 0.481. The number of nitrogens with zero attached hydrogens (tertiary/aromatic N) is 1. The second kappa shape index (κ2) is 10.2. The number of carbonyl (C=O) groups excluding carboxylic acids is 2. The van der Waals surface area contributed by atoms with Crippen LogP contribution in [0.3, 0.4) is 0 Å². The summed E-state index contributed by atoms with van der Waals surface area (Å²) in [5.74, 6) is -1.67. The van der Waals surface area contributed by atoms with Crippen LogP contribution in [0.4, 0.5) is 17.6 Å². The number of carbonyl (C=O) groups is 2. The monoisotopic (exact) mass is 505 g/mol. The predicted octanol–water partition coefficient (Wildman–Crippen LogP) is 4.22. The third-order valence-corrected chi connectivity index (χ3v) is 7.21. The number of rotatable bonds is 10. The molecule has 0 radical (unpaired) electrons. The fourth-order valence-corrected chi connectivity index (χ4v) is 4.66. The van der Waals surface area contributed by atoms with Gasteiger partial charge in [0.05, 0.1) is 12.1 Å². The number of likely N-dealkylation sites (N-methyl/N-ethyl adjacent to an activating group) is 1. The zero-order chi connectivity index (χ0) is 26.1. The molecule has 0 saturated heterocycles. The van der Waals surface area contributed by atoms with Gasteiger partial charge in [0.25, 0.3) is 5.91 Å². The molecule has 0 aromatic heterocycles. The van der Waals surface area contributed by atoms with Crippen LogP contribution < -0.4 is 10.6 Å². The van der Waals surface area contributed by atoms with Crippen molar-refractivity contribution in [2.75, 3.05) is 20.1 Å². The zero-order valence-corrected chi connectivity index (χ0v) is 20.4. The van der Waals surface area contributed by atoms with Gasteiger partial charge in [0.15, 0.2) is 0 Å². The largest absolute Gasteiger partial charge is 0.401 e. The average molecular weight is 506 g/mol. The number of alkyl halides is 3. The molecule has 9 heteroatoms. The van der Waals surface area contributed by atoms with Crippen molar-refractivity contribution in [1.82, 2.24) is 15.5 Å². The summed E-state index contributed by atoms with van der Waals surface area (Å²) in [5.41, 5.74) is 1.12. The summed E-state index contributed by atoms with van der Waals surface area (Å²) in [5, 5.41) is 5.55. The van der Waals surface area contributed by atoms with Crippen LogP contribution in [0.5, 0.6) is 0 Å². The Bertz CT molecular complexity index is 1100. The third kappa shape index (κ3) is 6.43. The molecule has 2 N–H and O–H groups in total. The zero-order valence-electron chi connectivity index (χ0n) is 20.4. The molecule has 2 aliphatic carbocycles. The highest BCUT2D eigenvalue weighted by atomic mass is 19.4. The van der Waals surface area contributed by atoms with Crippen LogP contribution in [0.1, 0.15) is 47.7 Å². The van der Waals surface area contributed by atoms with Gasteiger partial charge in [-0.15, -0.1) is 0 Å². The van der Waals surface area contributed by atoms with Gasteiger partial charge in [0.1, 0.15) is 5.82 Å². The summed E-state index contributed by atoms with van der Waals surface area (Å²) in [6.45, 7) is 0.824. The number of benzene rings is 2. The van der Waals surface area contributed by atoms with E-state index in [9.17, 15) is 27.2 Å². The molecular formula is C27H31F4N3O2. The van der Waals surface area contributed by atoms with E-state index in [1.165, 1.54) is 19.2 Å². The Morgan fingerprint density at radius 3 is 2.44 bits per heavy atom. The molecule has 194 valence electrons. The topological polar surface area (TPSA) is 61.4 Å². The van der Waals surface area contributed by atoms with Gasteiger partial charge in [-0.2, -0.15) is 13.2 Å². The highest BCUT2D eigenvalue weighted by Gasteiger charge is 2.55. The molecule has 2 amide bonds. The lowest BCUT2D eigenvalue weighted by atomic mass is 9.95. The summed E-state index contributed by atoms with van der Waals surface area (Å²) in [4.78, 5) is 26.2. The molecule has 2 aliphatic rings. The van der Waals surface area contributed by atoms with Gasteiger partial charge < -0.3 is 10.6 Å². The first-order chi connectivity index (χ1) is 17.0. The molecule has 0 spiro atoms. The lowest BCUT2D eigenvalue weighted by Crippen LogP contribution is -2.47. The van der Waals surface area contributed by atoms with Gasteiger partial charge in [-0.25, -0.2) is 4.39 Å². The van der Waals surface area contributed by atoms with E-state index in [1.807, 2.05) is 37.3 Å². The second-order valence-electron chi connectivity index (χ2n) is 10.2. The van der Waals surface area contributed by atoms with Crippen LogP contribution in [0.25, 0.3) is 0 Å². The summed E-state index contributed by atoms with van der Waals surface area (Å²) in [6, 6.07) is 13.1. The Morgan fingerprint density at radius 1 is 1.14 bits per heavy atom. The molecule has 2 aromatic rings. The number of hydrogen-bond donors (Lipinski definition) is 2. The molecule has 0 bridgehead atoms. The van der Waals surface area contributed by atoms with Crippen molar-refractivity contribution in [3.63, 3.8) is 0 Å². The van der Waals surface area contributed by atoms with E-state index >= 15 is 0 Å². The van der Waals surface area contributed by atoms with E-state index in [-0.39, 0.29) is 41.8 Å². The minimum atomic E-state index is -4.42. The molecule has 0 aliphatic heterocycles. The van der Waals surface area contributed by atoms with E-state index in [2.05, 4.69) is 10.6 Å². The number of hydrogen-bond acceptors (Lipinski definition) is 3. The molecule has 3 atom stereocenters. The van der Waals surface area contributed by atoms with Crippen molar-refractivity contribution in [3.05, 3.63) is 71.0 Å². The first-order valence-corrected chi connectivity index (χ1v) is 12.2. The van der Waals surface area contributed by atoms with Crippen molar-refractivity contribution in [1.29, 1.82) is 0 Å². The molecule has 1 unspecified atom stereocenters. The maximum atomic E-state index is 14.6. The normalized spacial score (nSPS) is 22.2. The first-order valence-electron chi connectivity index (χ1n) is 12.2. The standard InChI is InChI=1S/C27H31F4N3O2/c1-26(18-6-4-3-5-7-18)14-22(26)25(36)32-15-20(34(2)16-27(29,30)31)12-17-8-11-21(23(28)13-17)24(35)33-19-9-10-19/h3-8,11,13,19-20,22H,9-10,12,14-16H2,1-2H3,(H,32,36)(H,33,35)/t20?,22-,26+/m0/s1. The molecule has 2 aromatic carbocycles. The van der Waals surface area contributed by atoms with Gasteiger partial charge in [0, 0.05) is 30.0 Å². The van der Waals surface area contributed by atoms with Crippen LogP contribution in [0.15, 0.2) is 48.5 Å². The summed E-state index contributed by atoms with van der Waals surface area (Å²) < 4.78 is 54.0. The van der Waals surface area contributed by atoms with E-state index in [0.29, 0.717) is 12.0 Å². The molecular weight excluding hydrogens is 474 g/mol. The molecule has 2 fully saturated rings. The SMILES string of the molecule is CN(CC(F)(F)F)C(CNC(=O)[C@@H]1C[C@]1(C)c1ccccc1)Cc1ccc(C(=O)NC2CC2)c(F)c1. The minimum Gasteiger partial charge on any atom is -0.354 e. The van der Waals surface area contributed by atoms with Crippen molar-refractivity contribution in [2.24, 2.45) is 5.92 Å². The van der Waals surface area contributed by atoms with Crippen LogP contribution in [0.2, 0.25) is 0 Å². The van der Waals surface area contributed by atoms with E-state index in [0.717, 1.165) is 23.3 Å². The van der Waals surface area contributed by atoms with Crippen LogP contribution >= 0.6 is 0 Å². The second-order valence-corrected chi connectivity index (χ2v) is 10.2. The highest BCUT2D eigenvalue weighted by molar-refractivity contribution is 5.94. The third-order valence-electron chi connectivity index (χ3n) is 7.21. The van der Waals surface area contributed by atoms with Gasteiger partial charge in [0.2, 0.25) is 5.91 Å². The van der Waals surface area contributed by atoms with Crippen LogP contribution in [0, 0.1) is 11.7 Å². The number of amides is 2. The molecule has 4 rings (SSSR count). The molecule has 36 heavy (non-hydrogen) atoms. The smallest absolute Gasteiger partial charge is 0.354 e. The summed E-state index contributed by atoms with van der Waals surface area (Å²) in [6.07, 6.45) is -1.93. The maximum Gasteiger partial charge on any atom is 0.401 e. The summed E-state index contributed by atoms with van der Waals surface area (Å²) >= 11 is 0. The van der Waals surface area contributed by atoms with E-state index in [1.54, 1.807) is 6.07 Å². The van der Waals surface area contributed by atoms with Gasteiger partial charge in [-0.3, -0.25) is 14.5 Å². The van der Waals surface area contributed by atoms with Crippen LogP contribution in [-0.4, -0.2) is 55.1 Å². The Kier molecular flexibility index (Phi) is 7.41. The van der Waals surface area contributed by atoms with Gasteiger partial charge in [-0.1, -0.05) is 43.3 Å². The molecule has 5 nitrogen and oxygen atoms in total. The van der Waals surface area contributed by atoms with Crippen LogP contribution in [-0.2, 0) is 16.6 Å². The fourth-order valence-electron chi connectivity index (χ4n) is 4.66. The summed E-state index contributed by atoms with van der Waals surface area (Å²) in [7, 11) is 1.34. The van der Waals surface area contributed by atoms with Crippen molar-refractivity contribution >= 4 is 11.8 Å². The molecule has 0 heterocycles. The van der Waals surface area contributed by atoms with Crippen molar-refractivity contribution in [2.45, 2.75) is 56.3 Å². The minimum absolute atomic E-state index is 0.0156.